The van der Waals surface area contributed by atoms with Gasteiger partial charge in [-0.25, -0.2) is 4.79 Å². The second-order valence-electron chi connectivity index (χ2n) is 4.25. The van der Waals surface area contributed by atoms with E-state index >= 15 is 0 Å². The molecule has 0 atom stereocenters. The highest BCUT2D eigenvalue weighted by Gasteiger charge is 2.14. The maximum atomic E-state index is 11.9. The van der Waals surface area contributed by atoms with E-state index in [1.54, 1.807) is 29.6 Å². The lowest BCUT2D eigenvalue weighted by molar-refractivity contribution is -0.116. The van der Waals surface area contributed by atoms with Crippen molar-refractivity contribution < 1.29 is 14.7 Å². The summed E-state index contributed by atoms with van der Waals surface area (Å²) in [6.45, 7) is 0. The molecule has 1 aromatic heterocycles. The van der Waals surface area contributed by atoms with E-state index in [-0.39, 0.29) is 17.2 Å². The van der Waals surface area contributed by atoms with Crippen molar-refractivity contribution >= 4 is 52.1 Å². The van der Waals surface area contributed by atoms with Gasteiger partial charge in [0.2, 0.25) is 5.91 Å². The average molecular weight is 344 g/mol. The Hall–Kier alpha value is -1.56. The molecule has 0 aliphatic rings. The Balaban J connectivity index is 1.96. The molecule has 1 aromatic carbocycles. The lowest BCUT2D eigenvalue weighted by atomic mass is 10.1. The molecule has 0 saturated heterocycles. The van der Waals surface area contributed by atoms with Crippen molar-refractivity contribution in [2.45, 2.75) is 12.8 Å². The van der Waals surface area contributed by atoms with E-state index in [4.69, 9.17) is 28.3 Å². The topological polar surface area (TPSA) is 66.4 Å². The zero-order valence-corrected chi connectivity index (χ0v) is 13.1. The lowest BCUT2D eigenvalue weighted by Crippen LogP contribution is -2.13. The van der Waals surface area contributed by atoms with Crippen LogP contribution in [0, 0.1) is 0 Å². The quantitative estimate of drug-likeness (QED) is 0.849. The molecule has 0 aliphatic carbocycles. The van der Waals surface area contributed by atoms with Crippen molar-refractivity contribution in [1.82, 2.24) is 0 Å². The number of benzene rings is 1. The van der Waals surface area contributed by atoms with Gasteiger partial charge in [0.05, 0.1) is 5.69 Å². The number of aryl methyl sites for hydroxylation is 1. The number of thiophene rings is 1. The Morgan fingerprint density at radius 2 is 2.00 bits per heavy atom. The molecule has 0 spiro atoms. The van der Waals surface area contributed by atoms with E-state index in [9.17, 15) is 9.59 Å². The van der Waals surface area contributed by atoms with Crippen LogP contribution in [0.1, 0.15) is 21.7 Å². The summed E-state index contributed by atoms with van der Waals surface area (Å²) in [5.74, 6) is -1.32. The summed E-state index contributed by atoms with van der Waals surface area (Å²) in [4.78, 5) is 22.9. The van der Waals surface area contributed by atoms with E-state index in [0.717, 1.165) is 16.9 Å². The van der Waals surface area contributed by atoms with Crippen molar-refractivity contribution in [3.05, 3.63) is 50.1 Å². The second-order valence-corrected chi connectivity index (χ2v) is 6.01. The van der Waals surface area contributed by atoms with E-state index < -0.39 is 5.97 Å². The van der Waals surface area contributed by atoms with Gasteiger partial charge in [0, 0.05) is 16.5 Å². The van der Waals surface area contributed by atoms with Crippen LogP contribution < -0.4 is 5.32 Å². The molecule has 0 radical (unpaired) electrons. The fourth-order valence-corrected chi connectivity index (χ4v) is 2.95. The number of anilines is 1. The first-order chi connectivity index (χ1) is 9.97. The third-order valence-electron chi connectivity index (χ3n) is 2.77. The number of carboxylic acids is 1. The molecule has 1 amide bonds. The van der Waals surface area contributed by atoms with Crippen LogP contribution in [-0.2, 0) is 11.2 Å². The second kappa shape index (κ2) is 6.93. The first kappa shape index (κ1) is 15.8. The minimum Gasteiger partial charge on any atom is -0.477 e. The molecule has 0 bridgehead atoms. The maximum Gasteiger partial charge on any atom is 0.348 e. The third-order valence-corrected chi connectivity index (χ3v) is 4.26. The summed E-state index contributed by atoms with van der Waals surface area (Å²) < 4.78 is 0. The highest BCUT2D eigenvalue weighted by Crippen LogP contribution is 2.24. The SMILES string of the molecule is O=C(CCc1ccc(Cl)cc1Cl)Nc1ccsc1C(=O)O. The summed E-state index contributed by atoms with van der Waals surface area (Å²) in [6.07, 6.45) is 0.657. The van der Waals surface area contributed by atoms with Gasteiger partial charge in [-0.05, 0) is 35.6 Å². The van der Waals surface area contributed by atoms with Crippen LogP contribution >= 0.6 is 34.5 Å². The van der Waals surface area contributed by atoms with Gasteiger partial charge in [-0.2, -0.15) is 0 Å². The third kappa shape index (κ3) is 4.20. The molecule has 2 N–H and O–H groups in total. The van der Waals surface area contributed by atoms with E-state index in [1.807, 2.05) is 0 Å². The molecule has 2 rings (SSSR count). The van der Waals surface area contributed by atoms with Crippen LogP contribution in [0.2, 0.25) is 10.0 Å². The number of nitrogens with one attached hydrogen (secondary N) is 1. The molecule has 0 unspecified atom stereocenters. The summed E-state index contributed by atoms with van der Waals surface area (Å²) >= 11 is 12.9. The van der Waals surface area contributed by atoms with Gasteiger partial charge in [-0.15, -0.1) is 11.3 Å². The number of rotatable bonds is 5. The number of carboxylic acid groups (broad SMARTS) is 1. The number of amides is 1. The van der Waals surface area contributed by atoms with Gasteiger partial charge in [-0.3, -0.25) is 4.79 Å². The number of hydrogen-bond donors (Lipinski definition) is 2. The summed E-state index contributed by atoms with van der Waals surface area (Å²) in [7, 11) is 0. The van der Waals surface area contributed by atoms with Gasteiger partial charge in [0.1, 0.15) is 4.88 Å². The van der Waals surface area contributed by atoms with Crippen LogP contribution in [0.4, 0.5) is 5.69 Å². The minimum atomic E-state index is -1.05. The van der Waals surface area contributed by atoms with Crippen LogP contribution in [-0.4, -0.2) is 17.0 Å². The molecule has 21 heavy (non-hydrogen) atoms. The fraction of sp³-hybridized carbons (Fsp3) is 0.143. The van der Waals surface area contributed by atoms with Crippen molar-refractivity contribution in [2.24, 2.45) is 0 Å². The van der Waals surface area contributed by atoms with Gasteiger partial charge in [0.15, 0.2) is 0 Å². The van der Waals surface area contributed by atoms with E-state index in [2.05, 4.69) is 5.32 Å². The van der Waals surface area contributed by atoms with Gasteiger partial charge in [0.25, 0.3) is 0 Å². The van der Waals surface area contributed by atoms with Crippen molar-refractivity contribution in [3.8, 4) is 0 Å². The molecule has 0 saturated carbocycles. The monoisotopic (exact) mass is 343 g/mol. The molecule has 1 heterocycles. The Labute approximate surface area is 135 Å². The van der Waals surface area contributed by atoms with Gasteiger partial charge in [-0.1, -0.05) is 29.3 Å². The largest absolute Gasteiger partial charge is 0.477 e. The highest BCUT2D eigenvalue weighted by molar-refractivity contribution is 7.12. The molecular formula is C14H11Cl2NO3S. The number of carbonyl (C=O) groups is 2. The molecule has 2 aromatic rings. The molecule has 0 aliphatic heterocycles. The number of aromatic carboxylic acids is 1. The summed E-state index contributed by atoms with van der Waals surface area (Å²) in [6, 6.07) is 6.67. The zero-order chi connectivity index (χ0) is 15.4. The van der Waals surface area contributed by atoms with Crippen LogP contribution in [0.15, 0.2) is 29.6 Å². The molecule has 110 valence electrons. The van der Waals surface area contributed by atoms with Crippen LogP contribution in [0.3, 0.4) is 0 Å². The predicted octanol–water partition coefficient (Wildman–Crippen LogP) is 4.32. The highest BCUT2D eigenvalue weighted by atomic mass is 35.5. The first-order valence-corrected chi connectivity index (χ1v) is 7.65. The zero-order valence-electron chi connectivity index (χ0n) is 10.7. The molecule has 4 nitrogen and oxygen atoms in total. The Morgan fingerprint density at radius 3 is 2.67 bits per heavy atom. The predicted molar refractivity (Wildman–Crippen MR) is 84.7 cm³/mol. The molecular weight excluding hydrogens is 333 g/mol. The van der Waals surface area contributed by atoms with Crippen LogP contribution in [0.25, 0.3) is 0 Å². The summed E-state index contributed by atoms with van der Waals surface area (Å²) in [5, 5.41) is 14.2. The number of hydrogen-bond acceptors (Lipinski definition) is 3. The lowest BCUT2D eigenvalue weighted by Gasteiger charge is -2.06. The van der Waals surface area contributed by atoms with Crippen LogP contribution in [0.5, 0.6) is 0 Å². The molecule has 0 fully saturated rings. The van der Waals surface area contributed by atoms with Gasteiger partial charge < -0.3 is 10.4 Å². The Bertz CT molecular complexity index is 685. The number of carbonyl (C=O) groups excluding carboxylic acids is 1. The Morgan fingerprint density at radius 1 is 1.24 bits per heavy atom. The van der Waals surface area contributed by atoms with Gasteiger partial charge >= 0.3 is 5.97 Å². The summed E-state index contributed by atoms with van der Waals surface area (Å²) in [5.41, 5.74) is 1.14. The standard InChI is InChI=1S/C14H11Cl2NO3S/c15-9-3-1-8(10(16)7-9)2-4-12(18)17-11-5-6-21-13(11)14(19)20/h1,3,5-7H,2,4H2,(H,17,18)(H,19,20). The normalized spacial score (nSPS) is 10.4. The van der Waals surface area contributed by atoms with E-state index in [0.29, 0.717) is 22.2 Å². The smallest absolute Gasteiger partial charge is 0.348 e. The first-order valence-electron chi connectivity index (χ1n) is 6.02. The maximum absolute atomic E-state index is 11.9. The minimum absolute atomic E-state index is 0.118. The molecule has 7 heteroatoms. The fourth-order valence-electron chi connectivity index (χ4n) is 1.76. The van der Waals surface area contributed by atoms with E-state index in [1.165, 1.54) is 0 Å². The van der Waals surface area contributed by atoms with Crippen molar-refractivity contribution in [2.75, 3.05) is 5.32 Å². The Kier molecular flexibility index (Phi) is 5.22. The van der Waals surface area contributed by atoms with Crippen molar-refractivity contribution in [3.63, 3.8) is 0 Å². The average Bonchev–Trinajstić information content (AvgIpc) is 2.86. The van der Waals surface area contributed by atoms with Crippen molar-refractivity contribution in [1.29, 1.82) is 0 Å². The number of halogens is 2.